The molecule has 3 aromatic heterocycles. The van der Waals surface area contributed by atoms with Gasteiger partial charge in [-0.1, -0.05) is 11.3 Å². The van der Waals surface area contributed by atoms with Crippen LogP contribution < -0.4 is 5.56 Å². The van der Waals surface area contributed by atoms with Crippen molar-refractivity contribution in [1.82, 2.24) is 14.3 Å². The lowest BCUT2D eigenvalue weighted by Crippen LogP contribution is -2.18. The highest BCUT2D eigenvalue weighted by atomic mass is 32.1. The van der Waals surface area contributed by atoms with Gasteiger partial charge >= 0.3 is 0 Å². The van der Waals surface area contributed by atoms with Crippen molar-refractivity contribution in [3.05, 3.63) is 39.2 Å². The molecule has 0 radical (unpaired) electrons. The smallest absolute Gasteiger partial charge is 0.278 e. The van der Waals surface area contributed by atoms with E-state index in [-0.39, 0.29) is 26.9 Å². The van der Waals surface area contributed by atoms with E-state index in [9.17, 15) is 15.3 Å². The SMILES string of the molecule is CN(C)/C=N/c1c(C#N)sc2nc(-c3ccco3)c(C#N)c(=O)n12. The zero-order valence-corrected chi connectivity index (χ0v) is 13.5. The first kappa shape index (κ1) is 15.5. The van der Waals surface area contributed by atoms with Gasteiger partial charge in [-0.05, 0) is 12.1 Å². The third-order valence-electron chi connectivity index (χ3n) is 3.04. The summed E-state index contributed by atoms with van der Waals surface area (Å²) in [6.07, 6.45) is 2.91. The third kappa shape index (κ3) is 2.43. The molecule has 0 atom stereocenters. The van der Waals surface area contributed by atoms with E-state index in [2.05, 4.69) is 9.98 Å². The van der Waals surface area contributed by atoms with Crippen molar-refractivity contribution in [2.45, 2.75) is 0 Å². The molecule has 0 saturated heterocycles. The van der Waals surface area contributed by atoms with Crippen LogP contribution in [0.15, 0.2) is 32.6 Å². The van der Waals surface area contributed by atoms with Gasteiger partial charge in [-0.15, -0.1) is 0 Å². The van der Waals surface area contributed by atoms with E-state index in [0.29, 0.717) is 5.76 Å². The zero-order chi connectivity index (χ0) is 17.3. The van der Waals surface area contributed by atoms with Crippen molar-refractivity contribution >= 4 is 28.5 Å². The fraction of sp³-hybridized carbons (Fsp3) is 0.133. The van der Waals surface area contributed by atoms with Crippen LogP contribution in [0.25, 0.3) is 16.4 Å². The summed E-state index contributed by atoms with van der Waals surface area (Å²) in [6, 6.07) is 7.13. The predicted molar refractivity (Wildman–Crippen MR) is 88.3 cm³/mol. The van der Waals surface area contributed by atoms with Crippen LogP contribution in [-0.2, 0) is 0 Å². The summed E-state index contributed by atoms with van der Waals surface area (Å²) in [7, 11) is 3.53. The van der Waals surface area contributed by atoms with Gasteiger partial charge in [0.1, 0.15) is 23.4 Å². The number of aromatic nitrogens is 2. The molecule has 0 bridgehead atoms. The predicted octanol–water partition coefficient (Wildman–Crippen LogP) is 1.98. The van der Waals surface area contributed by atoms with Gasteiger partial charge in [-0.25, -0.2) is 14.4 Å². The molecule has 0 amide bonds. The molecule has 0 N–H and O–H groups in total. The Kier molecular flexibility index (Phi) is 3.86. The standard InChI is InChI=1S/C15H10N6O2S/c1-20(2)8-18-13-11(7-17)24-15-19-12(10-4-3-5-23-10)9(6-16)14(22)21(13)15/h3-5,8H,1-2H3/b18-8+. The van der Waals surface area contributed by atoms with Crippen molar-refractivity contribution in [3.8, 4) is 23.6 Å². The molecular formula is C15H10N6O2S. The van der Waals surface area contributed by atoms with Gasteiger partial charge in [-0.2, -0.15) is 10.5 Å². The highest BCUT2D eigenvalue weighted by Gasteiger charge is 2.21. The number of rotatable bonds is 3. The van der Waals surface area contributed by atoms with Crippen LogP contribution in [0.2, 0.25) is 0 Å². The number of hydrogen-bond acceptors (Lipinski definition) is 7. The number of nitriles is 2. The fourth-order valence-corrected chi connectivity index (χ4v) is 2.91. The average Bonchev–Trinajstić information content (AvgIpc) is 3.20. The van der Waals surface area contributed by atoms with E-state index in [0.717, 1.165) is 11.3 Å². The third-order valence-corrected chi connectivity index (χ3v) is 3.97. The molecule has 0 spiro atoms. The molecule has 9 heteroatoms. The molecule has 118 valence electrons. The first-order chi connectivity index (χ1) is 11.6. The van der Waals surface area contributed by atoms with Crippen molar-refractivity contribution in [2.24, 2.45) is 4.99 Å². The highest BCUT2D eigenvalue weighted by molar-refractivity contribution is 7.18. The number of thiazole rings is 1. The summed E-state index contributed by atoms with van der Waals surface area (Å²) in [6.45, 7) is 0. The van der Waals surface area contributed by atoms with Crippen LogP contribution in [0.5, 0.6) is 0 Å². The van der Waals surface area contributed by atoms with E-state index < -0.39 is 5.56 Å². The minimum atomic E-state index is -0.586. The van der Waals surface area contributed by atoms with Crippen LogP contribution >= 0.6 is 11.3 Å². The molecule has 24 heavy (non-hydrogen) atoms. The van der Waals surface area contributed by atoms with Crippen molar-refractivity contribution in [2.75, 3.05) is 14.1 Å². The molecule has 8 nitrogen and oxygen atoms in total. The van der Waals surface area contributed by atoms with Crippen LogP contribution in [0.3, 0.4) is 0 Å². The number of aliphatic imine (C=N–C) groups is 1. The van der Waals surface area contributed by atoms with Crippen LogP contribution in [-0.4, -0.2) is 34.7 Å². The molecule has 0 fully saturated rings. The number of furan rings is 1. The molecule has 0 unspecified atom stereocenters. The minimum absolute atomic E-state index is 0.154. The topological polar surface area (TPSA) is 111 Å². The summed E-state index contributed by atoms with van der Waals surface area (Å²) < 4.78 is 6.42. The quantitative estimate of drug-likeness (QED) is 0.533. The van der Waals surface area contributed by atoms with Gasteiger partial charge in [-0.3, -0.25) is 4.79 Å². The fourth-order valence-electron chi connectivity index (χ4n) is 2.05. The lowest BCUT2D eigenvalue weighted by atomic mass is 10.2. The maximum atomic E-state index is 12.7. The zero-order valence-electron chi connectivity index (χ0n) is 12.7. The normalized spacial score (nSPS) is 10.8. The summed E-state index contributed by atoms with van der Waals surface area (Å²) >= 11 is 1.03. The molecule has 0 aliphatic rings. The van der Waals surface area contributed by atoms with Crippen molar-refractivity contribution in [1.29, 1.82) is 10.5 Å². The highest BCUT2D eigenvalue weighted by Crippen LogP contribution is 2.29. The van der Waals surface area contributed by atoms with Gasteiger partial charge in [0.05, 0.1) is 12.6 Å². The van der Waals surface area contributed by atoms with E-state index in [1.807, 2.05) is 12.1 Å². The molecule has 3 heterocycles. The van der Waals surface area contributed by atoms with E-state index in [1.54, 1.807) is 31.1 Å². The van der Waals surface area contributed by atoms with E-state index in [1.165, 1.54) is 17.0 Å². The average molecular weight is 338 g/mol. The Morgan fingerprint density at radius 1 is 1.42 bits per heavy atom. The number of nitrogens with zero attached hydrogens (tertiary/aromatic N) is 6. The Bertz CT molecular complexity index is 1080. The Balaban J connectivity index is 2.39. The summed E-state index contributed by atoms with van der Waals surface area (Å²) in [4.78, 5) is 23.4. The maximum Gasteiger partial charge on any atom is 0.278 e. The Morgan fingerprint density at radius 3 is 2.79 bits per heavy atom. The molecular weight excluding hydrogens is 328 g/mol. The van der Waals surface area contributed by atoms with Gasteiger partial charge in [0.15, 0.2) is 21.4 Å². The molecule has 3 rings (SSSR count). The lowest BCUT2D eigenvalue weighted by molar-refractivity contribution is 0.579. The summed E-state index contributed by atoms with van der Waals surface area (Å²) in [5, 5.41) is 18.7. The molecule has 0 aliphatic heterocycles. The molecule has 3 aromatic rings. The molecule has 0 saturated carbocycles. The van der Waals surface area contributed by atoms with Crippen LogP contribution in [0.4, 0.5) is 5.82 Å². The second kappa shape index (κ2) is 5.99. The van der Waals surface area contributed by atoms with Crippen LogP contribution in [0.1, 0.15) is 10.4 Å². The van der Waals surface area contributed by atoms with Crippen molar-refractivity contribution < 1.29 is 4.42 Å². The largest absolute Gasteiger partial charge is 0.463 e. The van der Waals surface area contributed by atoms with Gasteiger partial charge < -0.3 is 9.32 Å². The second-order valence-corrected chi connectivity index (χ2v) is 5.90. The summed E-state index contributed by atoms with van der Waals surface area (Å²) in [5.41, 5.74) is -0.593. The Morgan fingerprint density at radius 2 is 2.21 bits per heavy atom. The number of hydrogen-bond donors (Lipinski definition) is 0. The Hall–Kier alpha value is -3.43. The van der Waals surface area contributed by atoms with Gasteiger partial charge in [0.25, 0.3) is 5.56 Å². The molecule has 0 aliphatic carbocycles. The first-order valence-electron chi connectivity index (χ1n) is 6.71. The van der Waals surface area contributed by atoms with E-state index in [4.69, 9.17) is 4.42 Å². The maximum absolute atomic E-state index is 12.7. The number of fused-ring (bicyclic) bond motifs is 1. The molecule has 0 aromatic carbocycles. The Labute approximate surface area is 140 Å². The lowest BCUT2D eigenvalue weighted by Gasteiger charge is -2.03. The van der Waals surface area contributed by atoms with Crippen molar-refractivity contribution in [3.63, 3.8) is 0 Å². The first-order valence-corrected chi connectivity index (χ1v) is 7.52. The van der Waals surface area contributed by atoms with Crippen LogP contribution in [0, 0.1) is 22.7 Å². The second-order valence-electron chi connectivity index (χ2n) is 4.92. The minimum Gasteiger partial charge on any atom is -0.463 e. The summed E-state index contributed by atoms with van der Waals surface area (Å²) in [5.74, 6) is 0.475. The van der Waals surface area contributed by atoms with Gasteiger partial charge in [0, 0.05) is 14.1 Å². The van der Waals surface area contributed by atoms with Gasteiger partial charge in [0.2, 0.25) is 0 Å². The van der Waals surface area contributed by atoms with E-state index >= 15 is 0 Å². The monoisotopic (exact) mass is 338 g/mol.